The highest BCUT2D eigenvalue weighted by molar-refractivity contribution is 6.58. The van der Waals surface area contributed by atoms with Gasteiger partial charge >= 0.3 is 7.12 Å². The topological polar surface area (TPSA) is 57.8 Å². The molecule has 2 aromatic heterocycles. The van der Waals surface area contributed by atoms with Crippen LogP contribution in [0.2, 0.25) is 0 Å². The number of aromatic nitrogens is 2. The second-order valence-electron chi connectivity index (χ2n) is 7.90. The fourth-order valence-electron chi connectivity index (χ4n) is 4.59. The predicted molar refractivity (Wildman–Crippen MR) is 131 cm³/mol. The Balaban J connectivity index is 1.84. The lowest BCUT2D eigenvalue weighted by molar-refractivity contribution is 0.426. The summed E-state index contributed by atoms with van der Waals surface area (Å²) in [7, 11) is -1.49. The van der Waals surface area contributed by atoms with Crippen LogP contribution < -0.4 is 5.46 Å². The van der Waals surface area contributed by atoms with E-state index in [0.29, 0.717) is 5.46 Å². The highest BCUT2D eigenvalue weighted by Crippen LogP contribution is 2.44. The van der Waals surface area contributed by atoms with Gasteiger partial charge in [-0.1, -0.05) is 84.9 Å². The number of fused-ring (bicyclic) bond motifs is 5. The molecule has 0 saturated heterocycles. The van der Waals surface area contributed by atoms with Crippen LogP contribution in [0.25, 0.3) is 49.7 Å². The summed E-state index contributed by atoms with van der Waals surface area (Å²) in [4.78, 5) is 5.00. The van der Waals surface area contributed by atoms with Crippen molar-refractivity contribution in [2.75, 3.05) is 0 Å². The Bertz CT molecular complexity index is 1590. The Morgan fingerprint density at radius 2 is 1.28 bits per heavy atom. The van der Waals surface area contributed by atoms with Gasteiger partial charge in [-0.05, 0) is 39.7 Å². The third kappa shape index (κ3) is 2.83. The molecule has 6 rings (SSSR count). The summed E-state index contributed by atoms with van der Waals surface area (Å²) in [6.45, 7) is 0. The Morgan fingerprint density at radius 1 is 0.625 bits per heavy atom. The van der Waals surface area contributed by atoms with Crippen LogP contribution in [0.5, 0.6) is 0 Å². The quantitative estimate of drug-likeness (QED) is 0.415. The third-order valence-electron chi connectivity index (χ3n) is 6.03. The molecule has 2 heterocycles. The first-order valence-electron chi connectivity index (χ1n) is 10.6. The number of rotatable bonds is 3. The van der Waals surface area contributed by atoms with Crippen molar-refractivity contribution in [1.82, 2.24) is 9.38 Å². The van der Waals surface area contributed by atoms with E-state index in [1.165, 1.54) is 0 Å². The van der Waals surface area contributed by atoms with E-state index in [2.05, 4.69) is 47.0 Å². The molecule has 2 N–H and O–H groups in total. The summed E-state index contributed by atoms with van der Waals surface area (Å²) in [6, 6.07) is 32.2. The Labute approximate surface area is 185 Å². The molecule has 0 amide bonds. The maximum absolute atomic E-state index is 9.57. The highest BCUT2D eigenvalue weighted by atomic mass is 16.4. The average Bonchev–Trinajstić information content (AvgIpc) is 3.23. The molecule has 152 valence electrons. The lowest BCUT2D eigenvalue weighted by Gasteiger charge is -2.17. The number of pyridine rings is 1. The molecule has 6 aromatic rings. The molecule has 0 fully saturated rings. The minimum absolute atomic E-state index is 0.468. The van der Waals surface area contributed by atoms with Gasteiger partial charge in [0.05, 0.1) is 11.0 Å². The largest absolute Gasteiger partial charge is 0.488 e. The average molecular weight is 414 g/mol. The van der Waals surface area contributed by atoms with Crippen LogP contribution in [0.1, 0.15) is 0 Å². The normalized spacial score (nSPS) is 11.4. The molecule has 5 heteroatoms. The maximum Gasteiger partial charge on any atom is 0.488 e. The fraction of sp³-hybridized carbons (Fsp3) is 0. The second-order valence-corrected chi connectivity index (χ2v) is 7.90. The van der Waals surface area contributed by atoms with Crippen molar-refractivity contribution >= 4 is 40.0 Å². The SMILES string of the molecule is OB(O)c1ccc(-c2c(-c3ccccc3)c3c(nc4ccccn43)c3ccccc23)cc1. The third-order valence-corrected chi connectivity index (χ3v) is 6.03. The van der Waals surface area contributed by atoms with E-state index in [4.69, 9.17) is 4.98 Å². The molecule has 0 unspecified atom stereocenters. The molecule has 0 saturated carbocycles. The van der Waals surface area contributed by atoms with Crippen molar-refractivity contribution in [1.29, 1.82) is 0 Å². The predicted octanol–water partition coefficient (Wildman–Crippen LogP) is 4.65. The molecule has 0 aliphatic rings. The molecular weight excluding hydrogens is 395 g/mol. The number of benzene rings is 4. The van der Waals surface area contributed by atoms with Crippen molar-refractivity contribution in [2.45, 2.75) is 0 Å². The second kappa shape index (κ2) is 7.34. The van der Waals surface area contributed by atoms with E-state index in [1.54, 1.807) is 12.1 Å². The first-order chi connectivity index (χ1) is 15.7. The number of imidazole rings is 1. The summed E-state index contributed by atoms with van der Waals surface area (Å²) in [6.07, 6.45) is 2.06. The van der Waals surface area contributed by atoms with E-state index < -0.39 is 7.12 Å². The van der Waals surface area contributed by atoms with E-state index in [0.717, 1.165) is 49.7 Å². The minimum Gasteiger partial charge on any atom is -0.423 e. The molecule has 0 aliphatic carbocycles. The first kappa shape index (κ1) is 18.8. The van der Waals surface area contributed by atoms with Gasteiger partial charge in [-0.3, -0.25) is 4.40 Å². The lowest BCUT2D eigenvalue weighted by Crippen LogP contribution is -2.29. The summed E-state index contributed by atoms with van der Waals surface area (Å²) in [5, 5.41) is 21.3. The summed E-state index contributed by atoms with van der Waals surface area (Å²) >= 11 is 0. The van der Waals surface area contributed by atoms with Gasteiger partial charge in [0.2, 0.25) is 0 Å². The molecule has 4 nitrogen and oxygen atoms in total. The lowest BCUT2D eigenvalue weighted by atomic mass is 9.79. The van der Waals surface area contributed by atoms with E-state index in [-0.39, 0.29) is 0 Å². The summed E-state index contributed by atoms with van der Waals surface area (Å²) < 4.78 is 2.15. The zero-order valence-corrected chi connectivity index (χ0v) is 17.2. The van der Waals surface area contributed by atoms with Crippen LogP contribution in [-0.2, 0) is 0 Å². The van der Waals surface area contributed by atoms with Crippen LogP contribution >= 0.6 is 0 Å². The van der Waals surface area contributed by atoms with Crippen LogP contribution in [-0.4, -0.2) is 26.6 Å². The smallest absolute Gasteiger partial charge is 0.423 e. The molecule has 32 heavy (non-hydrogen) atoms. The molecule has 0 radical (unpaired) electrons. The minimum atomic E-state index is -1.49. The van der Waals surface area contributed by atoms with Gasteiger partial charge in [-0.2, -0.15) is 0 Å². The van der Waals surface area contributed by atoms with Crippen molar-refractivity contribution in [2.24, 2.45) is 0 Å². The number of hydrogen-bond donors (Lipinski definition) is 2. The number of nitrogens with zero attached hydrogens (tertiary/aromatic N) is 2. The molecule has 0 bridgehead atoms. The Kier molecular flexibility index (Phi) is 4.32. The van der Waals surface area contributed by atoms with Crippen molar-refractivity contribution in [3.63, 3.8) is 0 Å². The summed E-state index contributed by atoms with van der Waals surface area (Å²) in [5.74, 6) is 0. The molecule has 0 aliphatic heterocycles. The van der Waals surface area contributed by atoms with E-state index >= 15 is 0 Å². The maximum atomic E-state index is 9.57. The van der Waals surface area contributed by atoms with Gasteiger partial charge in [0.25, 0.3) is 0 Å². The highest BCUT2D eigenvalue weighted by Gasteiger charge is 2.21. The van der Waals surface area contributed by atoms with E-state index in [9.17, 15) is 10.0 Å². The zero-order valence-electron chi connectivity index (χ0n) is 17.2. The van der Waals surface area contributed by atoms with Crippen molar-refractivity contribution in [3.8, 4) is 22.3 Å². The van der Waals surface area contributed by atoms with Gasteiger partial charge in [0.1, 0.15) is 5.65 Å². The van der Waals surface area contributed by atoms with Gasteiger partial charge in [0.15, 0.2) is 0 Å². The monoisotopic (exact) mass is 414 g/mol. The van der Waals surface area contributed by atoms with Crippen LogP contribution in [0.3, 0.4) is 0 Å². The van der Waals surface area contributed by atoms with Crippen LogP contribution in [0.15, 0.2) is 103 Å². The van der Waals surface area contributed by atoms with Crippen LogP contribution in [0.4, 0.5) is 0 Å². The molecular formula is C27H19BN2O2. The van der Waals surface area contributed by atoms with Gasteiger partial charge < -0.3 is 10.0 Å². The first-order valence-corrected chi connectivity index (χ1v) is 10.6. The number of hydrogen-bond acceptors (Lipinski definition) is 3. The Hall–Kier alpha value is -3.93. The van der Waals surface area contributed by atoms with Crippen molar-refractivity contribution < 1.29 is 10.0 Å². The zero-order chi connectivity index (χ0) is 21.7. The van der Waals surface area contributed by atoms with Gasteiger partial charge in [-0.15, -0.1) is 0 Å². The Morgan fingerprint density at radius 3 is 2.03 bits per heavy atom. The van der Waals surface area contributed by atoms with Crippen LogP contribution in [0, 0.1) is 0 Å². The molecule has 0 spiro atoms. The van der Waals surface area contributed by atoms with Gasteiger partial charge in [0, 0.05) is 17.1 Å². The van der Waals surface area contributed by atoms with Crippen molar-refractivity contribution in [3.05, 3.63) is 103 Å². The fourth-order valence-corrected chi connectivity index (χ4v) is 4.59. The molecule has 4 aromatic carbocycles. The molecule has 0 atom stereocenters. The summed E-state index contributed by atoms with van der Waals surface area (Å²) in [5.41, 5.74) is 7.73. The van der Waals surface area contributed by atoms with Gasteiger partial charge in [-0.25, -0.2) is 4.98 Å². The standard InChI is InChI=1S/C27H19BN2O2/c31-28(32)20-15-13-19(14-16-20)24-21-10-4-5-11-22(21)26-27(25(24)18-8-2-1-3-9-18)30-17-7-6-12-23(30)29-26/h1-17,31-32H. The van der Waals surface area contributed by atoms with E-state index in [1.807, 2.05) is 48.5 Å².